The highest BCUT2D eigenvalue weighted by molar-refractivity contribution is 9.10. The fraction of sp³-hybridized carbons (Fsp3) is 0.364. The predicted molar refractivity (Wildman–Crippen MR) is 62.9 cm³/mol. The number of carbonyl (C=O) groups is 1. The molecule has 1 rings (SSSR count). The van der Waals surface area contributed by atoms with Crippen LogP contribution in [0.1, 0.15) is 10.4 Å². The van der Waals surface area contributed by atoms with Gasteiger partial charge in [0.2, 0.25) is 0 Å². The topological polar surface area (TPSA) is 44.8 Å². The minimum absolute atomic E-state index is 0.391. The summed E-state index contributed by atoms with van der Waals surface area (Å²) in [4.78, 5) is 11.5. The summed E-state index contributed by atoms with van der Waals surface area (Å²) in [5.74, 6) is 0.0702. The Balaban J connectivity index is 2.85. The first-order chi connectivity index (χ1) is 7.69. The monoisotopic (exact) mass is 288 g/mol. The maximum absolute atomic E-state index is 11.5. The van der Waals surface area contributed by atoms with Crippen molar-refractivity contribution in [1.82, 2.24) is 0 Å². The van der Waals surface area contributed by atoms with Gasteiger partial charge in [-0.3, -0.25) is 0 Å². The lowest BCUT2D eigenvalue weighted by atomic mass is 10.2. The molecule has 4 nitrogen and oxygen atoms in total. The van der Waals surface area contributed by atoms with Crippen LogP contribution in [-0.4, -0.2) is 33.4 Å². The number of rotatable bonds is 5. The van der Waals surface area contributed by atoms with Gasteiger partial charge in [0.15, 0.2) is 0 Å². The molecule has 1 aromatic rings. The van der Waals surface area contributed by atoms with Crippen molar-refractivity contribution in [3.8, 4) is 5.75 Å². The molecule has 0 unspecified atom stereocenters. The van der Waals surface area contributed by atoms with Gasteiger partial charge in [0.1, 0.15) is 17.9 Å². The number of methoxy groups -OCH3 is 2. The van der Waals surface area contributed by atoms with Gasteiger partial charge in [0.05, 0.1) is 13.7 Å². The van der Waals surface area contributed by atoms with Gasteiger partial charge in [-0.1, -0.05) is 15.9 Å². The molecule has 0 saturated carbocycles. The van der Waals surface area contributed by atoms with Crippen molar-refractivity contribution in [1.29, 1.82) is 0 Å². The third-order valence-electron chi connectivity index (χ3n) is 1.89. The lowest BCUT2D eigenvalue weighted by Crippen LogP contribution is -2.09. The van der Waals surface area contributed by atoms with Crippen molar-refractivity contribution in [3.63, 3.8) is 0 Å². The van der Waals surface area contributed by atoms with Gasteiger partial charge in [-0.05, 0) is 18.2 Å². The highest BCUT2D eigenvalue weighted by atomic mass is 79.9. The molecule has 0 amide bonds. The molecule has 0 aliphatic heterocycles. The summed E-state index contributed by atoms with van der Waals surface area (Å²) < 4.78 is 15.7. The summed E-state index contributed by atoms with van der Waals surface area (Å²) in [5, 5.41) is 0. The van der Waals surface area contributed by atoms with Gasteiger partial charge in [-0.15, -0.1) is 0 Å². The van der Waals surface area contributed by atoms with E-state index < -0.39 is 5.97 Å². The quantitative estimate of drug-likeness (QED) is 0.616. The van der Waals surface area contributed by atoms with Crippen molar-refractivity contribution in [3.05, 3.63) is 28.2 Å². The molecule has 0 bridgehead atoms. The number of benzene rings is 1. The van der Waals surface area contributed by atoms with Crippen LogP contribution in [0.15, 0.2) is 22.7 Å². The Labute approximate surface area is 103 Å². The molecule has 0 spiro atoms. The minimum atomic E-state index is -0.422. The summed E-state index contributed by atoms with van der Waals surface area (Å²) in [6.45, 7) is 0.860. The van der Waals surface area contributed by atoms with E-state index in [0.29, 0.717) is 24.5 Å². The van der Waals surface area contributed by atoms with E-state index in [4.69, 9.17) is 9.47 Å². The van der Waals surface area contributed by atoms with E-state index >= 15 is 0 Å². The molecule has 0 saturated heterocycles. The lowest BCUT2D eigenvalue weighted by Gasteiger charge is -2.10. The Bertz CT molecular complexity index is 365. The molecular weight excluding hydrogens is 276 g/mol. The Morgan fingerprint density at radius 3 is 2.69 bits per heavy atom. The number of hydrogen-bond donors (Lipinski definition) is 0. The number of carbonyl (C=O) groups excluding carboxylic acids is 1. The standard InChI is InChI=1S/C11H13BrO4/c1-14-5-6-16-10-4-3-8(12)7-9(10)11(13)15-2/h3-4,7H,5-6H2,1-2H3. The Kier molecular flexibility index (Phi) is 5.28. The molecule has 0 fully saturated rings. The molecule has 1 aromatic carbocycles. The SMILES string of the molecule is COCCOc1ccc(Br)cc1C(=O)OC. The number of hydrogen-bond acceptors (Lipinski definition) is 4. The molecule has 0 heterocycles. The first kappa shape index (κ1) is 13.0. The Morgan fingerprint density at radius 1 is 1.31 bits per heavy atom. The van der Waals surface area contributed by atoms with Crippen LogP contribution in [0.3, 0.4) is 0 Å². The molecule has 16 heavy (non-hydrogen) atoms. The van der Waals surface area contributed by atoms with Gasteiger partial charge in [0, 0.05) is 11.6 Å². The Hall–Kier alpha value is -1.07. The van der Waals surface area contributed by atoms with Crippen molar-refractivity contribution in [2.24, 2.45) is 0 Å². The first-order valence-electron chi connectivity index (χ1n) is 4.68. The molecule has 0 N–H and O–H groups in total. The summed E-state index contributed by atoms with van der Waals surface area (Å²) in [6, 6.07) is 5.18. The van der Waals surface area contributed by atoms with Gasteiger partial charge in [-0.25, -0.2) is 4.79 Å². The average molecular weight is 289 g/mol. The van der Waals surface area contributed by atoms with Crippen molar-refractivity contribution >= 4 is 21.9 Å². The van der Waals surface area contributed by atoms with E-state index in [0.717, 1.165) is 4.47 Å². The van der Waals surface area contributed by atoms with Crippen LogP contribution in [0, 0.1) is 0 Å². The van der Waals surface area contributed by atoms with Gasteiger partial charge in [-0.2, -0.15) is 0 Å². The normalized spacial score (nSPS) is 9.94. The van der Waals surface area contributed by atoms with Crippen molar-refractivity contribution in [2.75, 3.05) is 27.4 Å². The summed E-state index contributed by atoms with van der Waals surface area (Å²) in [7, 11) is 2.92. The fourth-order valence-electron chi connectivity index (χ4n) is 1.13. The predicted octanol–water partition coefficient (Wildman–Crippen LogP) is 2.26. The summed E-state index contributed by atoms with van der Waals surface area (Å²) in [6.07, 6.45) is 0. The Morgan fingerprint density at radius 2 is 2.06 bits per heavy atom. The van der Waals surface area contributed by atoms with Crippen LogP contribution in [0.5, 0.6) is 5.75 Å². The third-order valence-corrected chi connectivity index (χ3v) is 2.39. The number of esters is 1. The first-order valence-corrected chi connectivity index (χ1v) is 5.48. The molecular formula is C11H13BrO4. The van der Waals surface area contributed by atoms with E-state index in [-0.39, 0.29) is 0 Å². The van der Waals surface area contributed by atoms with E-state index in [1.807, 2.05) is 0 Å². The molecule has 0 aliphatic carbocycles. The van der Waals surface area contributed by atoms with Gasteiger partial charge < -0.3 is 14.2 Å². The van der Waals surface area contributed by atoms with E-state index in [9.17, 15) is 4.79 Å². The molecule has 0 aliphatic rings. The van der Waals surface area contributed by atoms with Crippen molar-refractivity contribution in [2.45, 2.75) is 0 Å². The zero-order valence-electron chi connectivity index (χ0n) is 9.16. The van der Waals surface area contributed by atoms with Crippen LogP contribution in [-0.2, 0) is 9.47 Å². The smallest absolute Gasteiger partial charge is 0.341 e. The van der Waals surface area contributed by atoms with Crippen LogP contribution in [0.4, 0.5) is 0 Å². The molecule has 0 radical (unpaired) electrons. The van der Waals surface area contributed by atoms with Crippen LogP contribution < -0.4 is 4.74 Å². The molecule has 5 heteroatoms. The summed E-state index contributed by atoms with van der Waals surface area (Å²) >= 11 is 3.29. The highest BCUT2D eigenvalue weighted by Gasteiger charge is 2.13. The average Bonchev–Trinajstić information content (AvgIpc) is 2.30. The van der Waals surface area contributed by atoms with E-state index in [1.165, 1.54) is 7.11 Å². The molecule has 0 atom stereocenters. The summed E-state index contributed by atoms with van der Waals surface area (Å²) in [5.41, 5.74) is 0.396. The van der Waals surface area contributed by atoms with Gasteiger partial charge in [0.25, 0.3) is 0 Å². The third kappa shape index (κ3) is 3.50. The zero-order chi connectivity index (χ0) is 12.0. The number of ether oxygens (including phenoxy) is 3. The van der Waals surface area contributed by atoms with E-state index in [1.54, 1.807) is 25.3 Å². The maximum atomic E-state index is 11.5. The fourth-order valence-corrected chi connectivity index (χ4v) is 1.49. The highest BCUT2D eigenvalue weighted by Crippen LogP contribution is 2.23. The second-order valence-corrected chi connectivity index (χ2v) is 3.89. The van der Waals surface area contributed by atoms with Crippen molar-refractivity contribution < 1.29 is 19.0 Å². The van der Waals surface area contributed by atoms with Crippen LogP contribution >= 0.6 is 15.9 Å². The zero-order valence-corrected chi connectivity index (χ0v) is 10.7. The van der Waals surface area contributed by atoms with E-state index in [2.05, 4.69) is 20.7 Å². The van der Waals surface area contributed by atoms with Crippen LogP contribution in [0.25, 0.3) is 0 Å². The largest absolute Gasteiger partial charge is 0.490 e. The maximum Gasteiger partial charge on any atom is 0.341 e. The van der Waals surface area contributed by atoms with Gasteiger partial charge >= 0.3 is 5.97 Å². The van der Waals surface area contributed by atoms with Crippen LogP contribution in [0.2, 0.25) is 0 Å². The minimum Gasteiger partial charge on any atom is -0.490 e. The molecule has 88 valence electrons. The second kappa shape index (κ2) is 6.50. The molecule has 0 aromatic heterocycles. The number of halogens is 1. The second-order valence-electron chi connectivity index (χ2n) is 2.97. The lowest BCUT2D eigenvalue weighted by molar-refractivity contribution is 0.0593.